The van der Waals surface area contributed by atoms with Crippen LogP contribution in [-0.4, -0.2) is 22.4 Å². The van der Waals surface area contributed by atoms with Crippen molar-refractivity contribution in [2.24, 2.45) is 5.73 Å². The van der Waals surface area contributed by atoms with Crippen LogP contribution in [0.15, 0.2) is 30.5 Å². The molecule has 1 amide bonds. The van der Waals surface area contributed by atoms with E-state index in [0.717, 1.165) is 42.3 Å². The first-order valence-electron chi connectivity index (χ1n) is 6.90. The van der Waals surface area contributed by atoms with Crippen LogP contribution in [0, 0.1) is 6.92 Å². The van der Waals surface area contributed by atoms with E-state index in [0.29, 0.717) is 5.56 Å². The smallest absolute Gasteiger partial charge is 0.248 e. The monoisotopic (exact) mass is 283 g/mol. The van der Waals surface area contributed by atoms with E-state index in [1.54, 1.807) is 12.3 Å². The van der Waals surface area contributed by atoms with Crippen molar-refractivity contribution in [2.75, 3.05) is 17.0 Å². The normalized spacial score (nSPS) is 13.7. The third kappa shape index (κ3) is 2.79. The fourth-order valence-electron chi connectivity index (χ4n) is 2.52. The Morgan fingerprint density at radius 3 is 3.00 bits per heavy atom. The number of fused-ring (bicyclic) bond motifs is 1. The van der Waals surface area contributed by atoms with Crippen molar-refractivity contribution in [3.05, 3.63) is 47.4 Å². The highest BCUT2D eigenvalue weighted by molar-refractivity contribution is 5.93. The Kier molecular flexibility index (Phi) is 3.43. The second-order valence-corrected chi connectivity index (χ2v) is 5.06. The number of nitrogens with two attached hydrogens (primary N) is 1. The molecule has 6 heteroatoms. The number of rotatable bonds is 3. The SMILES string of the molecule is Cc1nccc(NN2CCCc3cc(C(N)=O)ccc32)n1. The van der Waals surface area contributed by atoms with E-state index in [-0.39, 0.29) is 0 Å². The molecule has 0 aliphatic carbocycles. The Balaban J connectivity index is 1.88. The average molecular weight is 283 g/mol. The summed E-state index contributed by atoms with van der Waals surface area (Å²) in [6, 6.07) is 7.39. The first kappa shape index (κ1) is 13.4. The molecule has 2 aromatic rings. The number of nitrogens with zero attached hydrogens (tertiary/aromatic N) is 3. The van der Waals surface area contributed by atoms with E-state index < -0.39 is 5.91 Å². The summed E-state index contributed by atoms with van der Waals surface area (Å²) in [6.07, 6.45) is 3.68. The van der Waals surface area contributed by atoms with Gasteiger partial charge in [-0.3, -0.25) is 15.2 Å². The van der Waals surface area contributed by atoms with Crippen molar-refractivity contribution in [1.29, 1.82) is 0 Å². The van der Waals surface area contributed by atoms with Crippen molar-refractivity contribution >= 4 is 17.4 Å². The Bertz CT molecular complexity index is 686. The van der Waals surface area contributed by atoms with Crippen LogP contribution in [0.5, 0.6) is 0 Å². The van der Waals surface area contributed by atoms with Gasteiger partial charge in [-0.15, -0.1) is 0 Å². The lowest BCUT2D eigenvalue weighted by atomic mass is 10.00. The highest BCUT2D eigenvalue weighted by atomic mass is 16.1. The molecule has 108 valence electrons. The summed E-state index contributed by atoms with van der Waals surface area (Å²) in [4.78, 5) is 19.7. The third-order valence-corrected chi connectivity index (χ3v) is 3.51. The van der Waals surface area contributed by atoms with E-state index in [4.69, 9.17) is 5.73 Å². The van der Waals surface area contributed by atoms with Gasteiger partial charge in [0.25, 0.3) is 0 Å². The number of anilines is 2. The van der Waals surface area contributed by atoms with Crippen LogP contribution in [0.3, 0.4) is 0 Å². The number of aromatic nitrogens is 2. The predicted octanol–water partition coefficient (Wildman–Crippen LogP) is 1.66. The molecular weight excluding hydrogens is 266 g/mol. The van der Waals surface area contributed by atoms with Crippen LogP contribution < -0.4 is 16.2 Å². The molecule has 0 atom stereocenters. The van der Waals surface area contributed by atoms with Gasteiger partial charge in [0.2, 0.25) is 5.91 Å². The lowest BCUT2D eigenvalue weighted by molar-refractivity contribution is 0.1000. The number of aryl methyl sites for hydroxylation is 2. The number of carbonyl (C=O) groups excluding carboxylic acids is 1. The number of hydrogen-bond donors (Lipinski definition) is 2. The molecule has 0 radical (unpaired) electrons. The molecule has 1 aromatic heterocycles. The number of primary amides is 1. The maximum atomic E-state index is 11.3. The van der Waals surface area contributed by atoms with Gasteiger partial charge in [-0.05, 0) is 43.5 Å². The van der Waals surface area contributed by atoms with Gasteiger partial charge in [0.1, 0.15) is 11.6 Å². The van der Waals surface area contributed by atoms with Crippen LogP contribution in [0.4, 0.5) is 11.5 Å². The fraction of sp³-hybridized carbons (Fsp3) is 0.267. The molecule has 6 nitrogen and oxygen atoms in total. The minimum atomic E-state index is -0.394. The van der Waals surface area contributed by atoms with Crippen LogP contribution >= 0.6 is 0 Å². The lowest BCUT2D eigenvalue weighted by Gasteiger charge is -2.32. The maximum Gasteiger partial charge on any atom is 0.248 e. The molecule has 1 aromatic carbocycles. The van der Waals surface area contributed by atoms with Crippen LogP contribution in [0.25, 0.3) is 0 Å². The average Bonchev–Trinajstić information content (AvgIpc) is 2.47. The minimum Gasteiger partial charge on any atom is -0.366 e. The van der Waals surface area contributed by atoms with E-state index in [9.17, 15) is 4.79 Å². The first-order chi connectivity index (χ1) is 10.1. The Morgan fingerprint density at radius 2 is 2.24 bits per heavy atom. The number of amides is 1. The van der Waals surface area contributed by atoms with Crippen molar-refractivity contribution in [2.45, 2.75) is 19.8 Å². The number of carbonyl (C=O) groups is 1. The molecule has 0 fully saturated rings. The highest BCUT2D eigenvalue weighted by Gasteiger charge is 2.18. The van der Waals surface area contributed by atoms with Gasteiger partial charge in [-0.2, -0.15) is 0 Å². The van der Waals surface area contributed by atoms with Gasteiger partial charge >= 0.3 is 0 Å². The summed E-state index contributed by atoms with van der Waals surface area (Å²) < 4.78 is 0. The second-order valence-electron chi connectivity index (χ2n) is 5.06. The van der Waals surface area contributed by atoms with Crippen molar-refractivity contribution in [3.8, 4) is 0 Å². The first-order valence-corrected chi connectivity index (χ1v) is 6.90. The second kappa shape index (κ2) is 5.40. The highest BCUT2D eigenvalue weighted by Crippen LogP contribution is 2.28. The third-order valence-electron chi connectivity index (χ3n) is 3.51. The van der Waals surface area contributed by atoms with E-state index in [1.807, 2.05) is 30.1 Å². The molecule has 1 aliphatic heterocycles. The molecule has 3 rings (SSSR count). The molecule has 0 spiro atoms. The zero-order valence-electron chi connectivity index (χ0n) is 11.8. The number of hydrazine groups is 1. The van der Waals surface area contributed by atoms with E-state index >= 15 is 0 Å². The Hall–Kier alpha value is -2.63. The number of nitrogens with one attached hydrogen (secondary N) is 1. The Morgan fingerprint density at radius 1 is 1.38 bits per heavy atom. The quantitative estimate of drug-likeness (QED) is 0.895. The fourth-order valence-corrected chi connectivity index (χ4v) is 2.52. The topological polar surface area (TPSA) is 84.1 Å². The van der Waals surface area contributed by atoms with E-state index in [2.05, 4.69) is 15.4 Å². The molecular formula is C15H17N5O. The molecule has 3 N–H and O–H groups in total. The summed E-state index contributed by atoms with van der Waals surface area (Å²) in [7, 11) is 0. The largest absolute Gasteiger partial charge is 0.366 e. The van der Waals surface area contributed by atoms with Crippen LogP contribution in [0.2, 0.25) is 0 Å². The van der Waals surface area contributed by atoms with Crippen molar-refractivity contribution in [1.82, 2.24) is 9.97 Å². The number of benzene rings is 1. The number of hydrogen-bond acceptors (Lipinski definition) is 5. The Labute approximate surface area is 123 Å². The molecule has 1 aliphatic rings. The molecule has 0 saturated carbocycles. The summed E-state index contributed by atoms with van der Waals surface area (Å²) in [6.45, 7) is 2.74. The van der Waals surface area contributed by atoms with Crippen LogP contribution in [0.1, 0.15) is 28.2 Å². The van der Waals surface area contributed by atoms with Gasteiger partial charge < -0.3 is 5.73 Å². The van der Waals surface area contributed by atoms with Gasteiger partial charge in [0, 0.05) is 24.4 Å². The molecule has 21 heavy (non-hydrogen) atoms. The summed E-state index contributed by atoms with van der Waals surface area (Å²) in [5, 5.41) is 2.05. The van der Waals surface area contributed by atoms with Crippen LogP contribution in [-0.2, 0) is 6.42 Å². The van der Waals surface area contributed by atoms with Crippen molar-refractivity contribution < 1.29 is 4.79 Å². The van der Waals surface area contributed by atoms with Gasteiger partial charge in [-0.25, -0.2) is 9.97 Å². The summed E-state index contributed by atoms with van der Waals surface area (Å²) in [5.41, 5.74) is 11.4. The molecule has 0 bridgehead atoms. The molecule has 2 heterocycles. The zero-order chi connectivity index (χ0) is 14.8. The predicted molar refractivity (Wildman–Crippen MR) is 81.0 cm³/mol. The van der Waals surface area contributed by atoms with E-state index in [1.165, 1.54) is 0 Å². The van der Waals surface area contributed by atoms with Crippen molar-refractivity contribution in [3.63, 3.8) is 0 Å². The standard InChI is InChI=1S/C15H17N5O/c1-10-17-7-6-14(18-10)19-20-8-2-3-11-9-12(15(16)21)4-5-13(11)20/h4-7,9H,2-3,8H2,1H3,(H2,16,21)(H,17,18,19). The molecule has 0 unspecified atom stereocenters. The minimum absolute atomic E-state index is 0.394. The van der Waals surface area contributed by atoms with Gasteiger partial charge in [-0.1, -0.05) is 0 Å². The van der Waals surface area contributed by atoms with Gasteiger partial charge in [0.05, 0.1) is 5.69 Å². The summed E-state index contributed by atoms with van der Waals surface area (Å²) >= 11 is 0. The zero-order valence-corrected chi connectivity index (χ0v) is 11.8. The van der Waals surface area contributed by atoms with Gasteiger partial charge in [0.15, 0.2) is 0 Å². The molecule has 0 saturated heterocycles. The maximum absolute atomic E-state index is 11.3. The lowest BCUT2D eigenvalue weighted by Crippen LogP contribution is -2.35. The summed E-state index contributed by atoms with van der Waals surface area (Å²) in [5.74, 6) is 1.09.